The van der Waals surface area contributed by atoms with Crippen molar-refractivity contribution in [3.05, 3.63) is 29.8 Å². The van der Waals surface area contributed by atoms with Crippen LogP contribution in [0.25, 0.3) is 0 Å². The summed E-state index contributed by atoms with van der Waals surface area (Å²) in [6.45, 7) is 8.82. The normalized spacial score (nSPS) is 12.1. The van der Waals surface area contributed by atoms with Crippen LogP contribution in [0, 0.1) is 29.1 Å². The minimum Gasteiger partial charge on any atom is -0.211 e. The first kappa shape index (κ1) is 16.7. The van der Waals surface area contributed by atoms with Gasteiger partial charge in [0.25, 0.3) is 0 Å². The molecule has 4 nitrogen and oxygen atoms in total. The first-order valence-corrected chi connectivity index (χ1v) is 8.26. The largest absolute Gasteiger partial charge is 0.240 e. The van der Waals surface area contributed by atoms with Gasteiger partial charge < -0.3 is 0 Å². The van der Waals surface area contributed by atoms with E-state index in [1.807, 2.05) is 6.07 Å². The van der Waals surface area contributed by atoms with Gasteiger partial charge in [0.1, 0.15) is 0 Å². The molecule has 0 radical (unpaired) electrons. The van der Waals surface area contributed by atoms with Crippen LogP contribution in [0.3, 0.4) is 0 Å². The lowest BCUT2D eigenvalue weighted by molar-refractivity contribution is 0.289. The van der Waals surface area contributed by atoms with Gasteiger partial charge in [-0.15, -0.1) is 0 Å². The summed E-state index contributed by atoms with van der Waals surface area (Å²) in [6, 6.07) is 7.91. The van der Waals surface area contributed by atoms with Crippen LogP contribution < -0.4 is 4.72 Å². The third-order valence-electron chi connectivity index (χ3n) is 3.52. The van der Waals surface area contributed by atoms with Gasteiger partial charge in [-0.05, 0) is 42.0 Å². The molecule has 0 heterocycles. The fourth-order valence-electron chi connectivity index (χ4n) is 2.24. The second-order valence-electron chi connectivity index (χ2n) is 5.64. The summed E-state index contributed by atoms with van der Waals surface area (Å²) in [5.41, 5.74) is 0.450. The van der Waals surface area contributed by atoms with E-state index in [-0.39, 0.29) is 4.90 Å². The summed E-state index contributed by atoms with van der Waals surface area (Å²) in [4.78, 5) is 0.197. The Morgan fingerprint density at radius 1 is 1.10 bits per heavy atom. The van der Waals surface area contributed by atoms with Gasteiger partial charge in [0.05, 0.1) is 16.5 Å². The van der Waals surface area contributed by atoms with Crippen molar-refractivity contribution in [3.63, 3.8) is 0 Å². The van der Waals surface area contributed by atoms with Crippen LogP contribution in [-0.2, 0) is 10.0 Å². The molecule has 0 saturated heterocycles. The van der Waals surface area contributed by atoms with Crippen molar-refractivity contribution in [2.45, 2.75) is 32.6 Å². The fraction of sp³-hybridized carbons (Fsp3) is 0.533. The summed E-state index contributed by atoms with van der Waals surface area (Å²) >= 11 is 0. The van der Waals surface area contributed by atoms with E-state index in [0.29, 0.717) is 29.9 Å². The molecule has 0 fully saturated rings. The molecular formula is C15H22N2O2S. The summed E-state index contributed by atoms with van der Waals surface area (Å²) in [6.07, 6.45) is 0. The fourth-order valence-corrected chi connectivity index (χ4v) is 3.31. The van der Waals surface area contributed by atoms with Crippen LogP contribution in [0.1, 0.15) is 33.3 Å². The molecule has 1 aromatic carbocycles. The number of nitrogens with zero attached hydrogens (tertiary/aromatic N) is 1. The van der Waals surface area contributed by atoms with Gasteiger partial charge in [-0.1, -0.05) is 27.7 Å². The van der Waals surface area contributed by atoms with Gasteiger partial charge in [0, 0.05) is 6.54 Å². The topological polar surface area (TPSA) is 70.0 Å². The highest BCUT2D eigenvalue weighted by molar-refractivity contribution is 7.89. The first-order chi connectivity index (χ1) is 9.27. The lowest BCUT2D eigenvalue weighted by Gasteiger charge is -2.25. The van der Waals surface area contributed by atoms with Crippen molar-refractivity contribution in [1.82, 2.24) is 4.72 Å². The van der Waals surface area contributed by atoms with Gasteiger partial charge in [0.2, 0.25) is 10.0 Å². The zero-order chi connectivity index (χ0) is 15.3. The van der Waals surface area contributed by atoms with E-state index < -0.39 is 10.0 Å². The summed E-state index contributed by atoms with van der Waals surface area (Å²) in [7, 11) is -3.51. The van der Waals surface area contributed by atoms with Crippen LogP contribution in [0.15, 0.2) is 29.2 Å². The van der Waals surface area contributed by atoms with E-state index in [9.17, 15) is 8.42 Å². The SMILES string of the molecule is CC(C)C(CNS(=O)(=O)c1ccc(C#N)cc1)C(C)C. The molecule has 110 valence electrons. The summed E-state index contributed by atoms with van der Waals surface area (Å²) in [5.74, 6) is 1.13. The number of sulfonamides is 1. The maximum absolute atomic E-state index is 12.2. The number of hydrogen-bond acceptors (Lipinski definition) is 3. The Bertz CT molecular complexity index is 561. The van der Waals surface area contributed by atoms with E-state index in [1.54, 1.807) is 0 Å². The second-order valence-corrected chi connectivity index (χ2v) is 7.41. The van der Waals surface area contributed by atoms with Crippen LogP contribution in [0.5, 0.6) is 0 Å². The lowest BCUT2D eigenvalue weighted by Crippen LogP contribution is -2.33. The van der Waals surface area contributed by atoms with E-state index in [2.05, 4.69) is 32.4 Å². The zero-order valence-corrected chi connectivity index (χ0v) is 13.2. The van der Waals surface area contributed by atoms with Crippen molar-refractivity contribution in [1.29, 1.82) is 5.26 Å². The van der Waals surface area contributed by atoms with E-state index in [0.717, 1.165) is 0 Å². The Balaban J connectivity index is 2.82. The number of benzene rings is 1. The third kappa shape index (κ3) is 4.32. The monoisotopic (exact) mass is 294 g/mol. The summed E-state index contributed by atoms with van der Waals surface area (Å²) < 4.78 is 27.0. The molecule has 0 bridgehead atoms. The number of rotatable bonds is 6. The molecule has 1 rings (SSSR count). The number of hydrogen-bond donors (Lipinski definition) is 1. The molecule has 0 atom stereocenters. The zero-order valence-electron chi connectivity index (χ0n) is 12.4. The van der Waals surface area contributed by atoms with Gasteiger partial charge in [-0.25, -0.2) is 13.1 Å². The van der Waals surface area contributed by atoms with Crippen molar-refractivity contribution in [2.24, 2.45) is 17.8 Å². The standard InChI is InChI=1S/C15H22N2O2S/c1-11(2)15(12(3)4)10-17-20(18,19)14-7-5-13(9-16)6-8-14/h5-8,11-12,15,17H,10H2,1-4H3. The third-order valence-corrected chi connectivity index (χ3v) is 4.95. The Hall–Kier alpha value is -1.38. The predicted molar refractivity (Wildman–Crippen MR) is 79.5 cm³/mol. The molecule has 0 aliphatic heterocycles. The minimum absolute atomic E-state index is 0.197. The van der Waals surface area contributed by atoms with Crippen LogP contribution in [-0.4, -0.2) is 15.0 Å². The Morgan fingerprint density at radius 3 is 2.00 bits per heavy atom. The highest BCUT2D eigenvalue weighted by Crippen LogP contribution is 2.20. The number of nitrogens with one attached hydrogen (secondary N) is 1. The molecule has 0 aromatic heterocycles. The van der Waals surface area contributed by atoms with Crippen molar-refractivity contribution < 1.29 is 8.42 Å². The highest BCUT2D eigenvalue weighted by Gasteiger charge is 2.21. The average Bonchev–Trinajstić information content (AvgIpc) is 2.38. The van der Waals surface area contributed by atoms with Gasteiger partial charge in [0.15, 0.2) is 0 Å². The van der Waals surface area contributed by atoms with E-state index in [4.69, 9.17) is 5.26 Å². The quantitative estimate of drug-likeness (QED) is 0.877. The van der Waals surface area contributed by atoms with E-state index in [1.165, 1.54) is 24.3 Å². The molecule has 0 spiro atoms. The van der Waals surface area contributed by atoms with Crippen molar-refractivity contribution in [3.8, 4) is 6.07 Å². The molecule has 20 heavy (non-hydrogen) atoms. The molecule has 1 N–H and O–H groups in total. The smallest absolute Gasteiger partial charge is 0.211 e. The summed E-state index contributed by atoms with van der Waals surface area (Å²) in [5, 5.41) is 8.71. The molecular weight excluding hydrogens is 272 g/mol. The predicted octanol–water partition coefficient (Wildman–Crippen LogP) is 2.76. The maximum Gasteiger partial charge on any atom is 0.240 e. The molecule has 5 heteroatoms. The molecule has 0 aliphatic carbocycles. The first-order valence-electron chi connectivity index (χ1n) is 6.77. The average molecular weight is 294 g/mol. The molecule has 0 amide bonds. The maximum atomic E-state index is 12.2. The second kappa shape index (κ2) is 6.87. The Kier molecular flexibility index (Phi) is 5.73. The van der Waals surface area contributed by atoms with Gasteiger partial charge in [-0.3, -0.25) is 0 Å². The lowest BCUT2D eigenvalue weighted by atomic mass is 9.86. The highest BCUT2D eigenvalue weighted by atomic mass is 32.2. The van der Waals surface area contributed by atoms with Crippen molar-refractivity contribution >= 4 is 10.0 Å². The van der Waals surface area contributed by atoms with Crippen LogP contribution >= 0.6 is 0 Å². The minimum atomic E-state index is -3.51. The number of nitriles is 1. The van der Waals surface area contributed by atoms with Gasteiger partial charge >= 0.3 is 0 Å². The van der Waals surface area contributed by atoms with Crippen LogP contribution in [0.2, 0.25) is 0 Å². The van der Waals surface area contributed by atoms with Crippen LogP contribution in [0.4, 0.5) is 0 Å². The molecule has 1 aromatic rings. The van der Waals surface area contributed by atoms with E-state index >= 15 is 0 Å². The molecule has 0 unspecified atom stereocenters. The van der Waals surface area contributed by atoms with Crippen molar-refractivity contribution in [2.75, 3.05) is 6.54 Å². The Morgan fingerprint density at radius 2 is 1.60 bits per heavy atom. The van der Waals surface area contributed by atoms with Gasteiger partial charge in [-0.2, -0.15) is 5.26 Å². The molecule has 0 saturated carbocycles. The molecule has 0 aliphatic rings. The Labute approximate surface area is 121 Å².